The van der Waals surface area contributed by atoms with Crippen LogP contribution in [0.4, 0.5) is 17.5 Å². The van der Waals surface area contributed by atoms with Crippen molar-refractivity contribution in [3.8, 4) is 0 Å². The minimum Gasteiger partial charge on any atom is -0.394 e. The molecule has 0 aliphatic carbocycles. The molecule has 1 aromatic carbocycles. The van der Waals surface area contributed by atoms with Gasteiger partial charge in [0.2, 0.25) is 5.95 Å². The number of benzene rings is 1. The lowest BCUT2D eigenvalue weighted by atomic mass is 10.3. The lowest BCUT2D eigenvalue weighted by Gasteiger charge is -2.14. The van der Waals surface area contributed by atoms with Crippen molar-refractivity contribution in [2.45, 2.75) is 24.8 Å². The number of rotatable bonds is 6. The summed E-state index contributed by atoms with van der Waals surface area (Å²) in [7, 11) is -2.71. The molecule has 0 saturated heterocycles. The van der Waals surface area contributed by atoms with Gasteiger partial charge in [-0.25, -0.2) is 14.0 Å². The largest absolute Gasteiger partial charge is 0.394 e. The van der Waals surface area contributed by atoms with Crippen LogP contribution in [-0.4, -0.2) is 38.2 Å². The highest BCUT2D eigenvalue weighted by Gasteiger charge is 2.08. The van der Waals surface area contributed by atoms with Gasteiger partial charge in [0.1, 0.15) is 5.82 Å². The van der Waals surface area contributed by atoms with Gasteiger partial charge in [0, 0.05) is 34.6 Å². The van der Waals surface area contributed by atoms with Crippen molar-refractivity contribution in [3.05, 3.63) is 36.0 Å². The number of aryl methyl sites for hydroxylation is 1. The van der Waals surface area contributed by atoms with Gasteiger partial charge in [-0.2, -0.15) is 4.98 Å². The molecule has 2 rings (SSSR count). The highest BCUT2D eigenvalue weighted by atomic mass is 32.2. The number of anilines is 3. The van der Waals surface area contributed by atoms with Crippen LogP contribution in [0, 0.1) is 11.7 Å². The standard InChI is InChI=1S/C15H21N5O2S/c1-10-8-17-15(20-14(10)18-11(2)9-21)19-12-4-6-13(7-5-12)23(3,16)22/h4-8,11,16,21H,9H2,1-3H3,(H2,17,18,19,20)/t11-,23?/m1/s1. The van der Waals surface area contributed by atoms with E-state index in [1.54, 1.807) is 30.5 Å². The molecule has 1 aromatic heterocycles. The number of nitrogens with one attached hydrogen (secondary N) is 3. The highest BCUT2D eigenvalue weighted by Crippen LogP contribution is 2.19. The second-order valence-corrected chi connectivity index (χ2v) is 7.60. The van der Waals surface area contributed by atoms with Crippen LogP contribution >= 0.6 is 0 Å². The van der Waals surface area contributed by atoms with Crippen LogP contribution in [0.15, 0.2) is 35.4 Å². The molecule has 0 saturated carbocycles. The molecule has 1 heterocycles. The summed E-state index contributed by atoms with van der Waals surface area (Å²) in [5.41, 5.74) is 1.62. The van der Waals surface area contributed by atoms with Crippen molar-refractivity contribution in [2.24, 2.45) is 0 Å². The molecule has 0 bridgehead atoms. The van der Waals surface area contributed by atoms with Crippen molar-refractivity contribution in [1.29, 1.82) is 4.78 Å². The predicted molar refractivity (Wildman–Crippen MR) is 91.7 cm³/mol. The Hall–Kier alpha value is -2.19. The zero-order valence-corrected chi connectivity index (χ0v) is 14.1. The molecule has 0 spiro atoms. The summed E-state index contributed by atoms with van der Waals surface area (Å²) >= 11 is 0. The smallest absolute Gasteiger partial charge is 0.229 e. The summed E-state index contributed by atoms with van der Waals surface area (Å²) in [4.78, 5) is 9.09. The minimum absolute atomic E-state index is 0.0110. The van der Waals surface area contributed by atoms with Crippen molar-refractivity contribution in [2.75, 3.05) is 23.5 Å². The van der Waals surface area contributed by atoms with Gasteiger partial charge < -0.3 is 15.7 Å². The lowest BCUT2D eigenvalue weighted by Crippen LogP contribution is -2.21. The maximum atomic E-state index is 11.7. The minimum atomic E-state index is -2.71. The zero-order chi connectivity index (χ0) is 17.0. The maximum Gasteiger partial charge on any atom is 0.229 e. The fourth-order valence-electron chi connectivity index (χ4n) is 1.85. The predicted octanol–water partition coefficient (Wildman–Crippen LogP) is 2.36. The topological polar surface area (TPSA) is 111 Å². The van der Waals surface area contributed by atoms with E-state index in [1.807, 2.05) is 13.8 Å². The second kappa shape index (κ2) is 6.93. The fourth-order valence-corrected chi connectivity index (χ4v) is 2.51. The summed E-state index contributed by atoms with van der Waals surface area (Å²) in [6.45, 7) is 3.75. The maximum absolute atomic E-state index is 11.7. The third-order valence-corrected chi connectivity index (χ3v) is 4.36. The Kier molecular flexibility index (Phi) is 5.17. The summed E-state index contributed by atoms with van der Waals surface area (Å²) < 4.78 is 19.2. The summed E-state index contributed by atoms with van der Waals surface area (Å²) in [6.07, 6.45) is 3.08. The number of aliphatic hydroxyl groups excluding tert-OH is 1. The van der Waals surface area contributed by atoms with Gasteiger partial charge >= 0.3 is 0 Å². The number of nitrogens with zero attached hydrogens (tertiary/aromatic N) is 2. The zero-order valence-electron chi connectivity index (χ0n) is 13.3. The van der Waals surface area contributed by atoms with E-state index in [9.17, 15) is 4.21 Å². The molecule has 23 heavy (non-hydrogen) atoms. The first-order valence-electron chi connectivity index (χ1n) is 7.11. The molecule has 4 N–H and O–H groups in total. The van der Waals surface area contributed by atoms with Crippen LogP contribution in [0.1, 0.15) is 12.5 Å². The third kappa shape index (κ3) is 4.64. The molecule has 1 unspecified atom stereocenters. The SMILES string of the molecule is Cc1cnc(Nc2ccc(S(C)(=N)=O)cc2)nc1N[C@H](C)CO. The average Bonchev–Trinajstić information content (AvgIpc) is 2.50. The number of aliphatic hydroxyl groups is 1. The molecule has 124 valence electrons. The summed E-state index contributed by atoms with van der Waals surface area (Å²) in [5, 5.41) is 15.3. The van der Waals surface area contributed by atoms with Gasteiger partial charge in [0.25, 0.3) is 0 Å². The molecule has 0 fully saturated rings. The Balaban J connectivity index is 2.18. The van der Waals surface area contributed by atoms with Crippen LogP contribution in [0.25, 0.3) is 0 Å². The van der Waals surface area contributed by atoms with E-state index in [-0.39, 0.29) is 12.6 Å². The van der Waals surface area contributed by atoms with E-state index in [0.717, 1.165) is 11.3 Å². The van der Waals surface area contributed by atoms with Gasteiger partial charge in [-0.05, 0) is 38.1 Å². The molecular formula is C15H21N5O2S. The van der Waals surface area contributed by atoms with E-state index < -0.39 is 9.73 Å². The molecule has 2 aromatic rings. The Morgan fingerprint density at radius 1 is 1.35 bits per heavy atom. The average molecular weight is 335 g/mol. The van der Waals surface area contributed by atoms with Gasteiger partial charge in [-0.15, -0.1) is 0 Å². The quantitative estimate of drug-likeness (QED) is 0.645. The van der Waals surface area contributed by atoms with Crippen LogP contribution in [0.3, 0.4) is 0 Å². The Morgan fingerprint density at radius 2 is 2.00 bits per heavy atom. The van der Waals surface area contributed by atoms with Gasteiger partial charge in [0.15, 0.2) is 0 Å². The Morgan fingerprint density at radius 3 is 2.57 bits per heavy atom. The van der Waals surface area contributed by atoms with E-state index in [1.165, 1.54) is 6.26 Å². The molecule has 2 atom stereocenters. The normalized spacial score (nSPS) is 14.8. The van der Waals surface area contributed by atoms with Crippen molar-refractivity contribution in [3.63, 3.8) is 0 Å². The molecule has 0 aliphatic heterocycles. The van der Waals surface area contributed by atoms with Crippen molar-refractivity contribution in [1.82, 2.24) is 9.97 Å². The van der Waals surface area contributed by atoms with Crippen molar-refractivity contribution < 1.29 is 9.32 Å². The first-order chi connectivity index (χ1) is 10.8. The molecule has 0 amide bonds. The second-order valence-electron chi connectivity index (χ2n) is 5.45. The van der Waals surface area contributed by atoms with Crippen LogP contribution < -0.4 is 10.6 Å². The first-order valence-corrected chi connectivity index (χ1v) is 9.08. The summed E-state index contributed by atoms with van der Waals surface area (Å²) in [6, 6.07) is 6.67. The first kappa shape index (κ1) is 17.2. The molecular weight excluding hydrogens is 314 g/mol. The molecule has 8 heteroatoms. The van der Waals surface area contributed by atoms with Crippen LogP contribution in [0.2, 0.25) is 0 Å². The number of aromatic nitrogens is 2. The number of hydrogen-bond acceptors (Lipinski definition) is 7. The van der Waals surface area contributed by atoms with Crippen LogP contribution in [0.5, 0.6) is 0 Å². The summed E-state index contributed by atoms with van der Waals surface area (Å²) in [5.74, 6) is 1.07. The Bertz CT molecular complexity index is 775. The van der Waals surface area contributed by atoms with E-state index in [0.29, 0.717) is 16.7 Å². The third-order valence-electron chi connectivity index (χ3n) is 3.19. The monoisotopic (exact) mass is 335 g/mol. The van der Waals surface area contributed by atoms with Gasteiger partial charge in [-0.3, -0.25) is 0 Å². The van der Waals surface area contributed by atoms with E-state index in [4.69, 9.17) is 9.89 Å². The fraction of sp³-hybridized carbons (Fsp3) is 0.333. The van der Waals surface area contributed by atoms with Crippen LogP contribution in [-0.2, 0) is 9.73 Å². The highest BCUT2D eigenvalue weighted by molar-refractivity contribution is 7.91. The molecule has 0 radical (unpaired) electrons. The molecule has 0 aliphatic rings. The van der Waals surface area contributed by atoms with E-state index >= 15 is 0 Å². The lowest BCUT2D eigenvalue weighted by molar-refractivity contribution is 0.281. The Labute approximate surface area is 136 Å². The van der Waals surface area contributed by atoms with E-state index in [2.05, 4.69) is 20.6 Å². The van der Waals surface area contributed by atoms with Crippen molar-refractivity contribution >= 4 is 27.2 Å². The number of hydrogen-bond donors (Lipinski definition) is 4. The molecule has 7 nitrogen and oxygen atoms in total. The van der Waals surface area contributed by atoms with Gasteiger partial charge in [0.05, 0.1) is 16.3 Å². The van der Waals surface area contributed by atoms with Gasteiger partial charge in [-0.1, -0.05) is 0 Å².